The van der Waals surface area contributed by atoms with E-state index in [4.69, 9.17) is 10.5 Å². The first-order valence-corrected chi connectivity index (χ1v) is 3.08. The van der Waals surface area contributed by atoms with Crippen molar-refractivity contribution in [1.82, 2.24) is 5.32 Å². The second-order valence-electron chi connectivity index (χ2n) is 2.39. The smallest absolute Gasteiger partial charge is 0.0895 e. The summed E-state index contributed by atoms with van der Waals surface area (Å²) >= 11 is 0. The molecule has 9 heavy (non-hydrogen) atoms. The standard InChI is InChI=1S/C6H16N2O/c1-6(4-7,9-3)5-8-2/h8H,4-5,7H2,1-3H3. The number of nitrogens with one attached hydrogen (secondary N) is 1. The molecule has 0 aromatic rings. The van der Waals surface area contributed by atoms with Crippen LogP contribution in [0.4, 0.5) is 0 Å². The van der Waals surface area contributed by atoms with Crippen molar-refractivity contribution in [2.75, 3.05) is 27.2 Å². The van der Waals surface area contributed by atoms with Crippen molar-refractivity contribution >= 4 is 0 Å². The molecule has 3 heteroatoms. The molecular formula is C6H16N2O. The molecule has 0 aliphatic rings. The lowest BCUT2D eigenvalue weighted by molar-refractivity contribution is 0.0161. The Balaban J connectivity index is 3.62. The maximum absolute atomic E-state index is 5.44. The predicted molar refractivity (Wildman–Crippen MR) is 38.4 cm³/mol. The van der Waals surface area contributed by atoms with Gasteiger partial charge in [0.2, 0.25) is 0 Å². The quantitative estimate of drug-likeness (QED) is 0.545. The maximum Gasteiger partial charge on any atom is 0.0895 e. The van der Waals surface area contributed by atoms with Crippen molar-refractivity contribution < 1.29 is 4.74 Å². The minimum absolute atomic E-state index is 0.200. The van der Waals surface area contributed by atoms with Crippen LogP contribution in [0.25, 0.3) is 0 Å². The molecule has 0 aliphatic heterocycles. The van der Waals surface area contributed by atoms with E-state index in [1.807, 2.05) is 14.0 Å². The monoisotopic (exact) mass is 132 g/mol. The fraction of sp³-hybridized carbons (Fsp3) is 1.00. The van der Waals surface area contributed by atoms with Crippen LogP contribution in [-0.2, 0) is 4.74 Å². The van der Waals surface area contributed by atoms with Gasteiger partial charge in [0, 0.05) is 20.2 Å². The summed E-state index contributed by atoms with van der Waals surface area (Å²) in [5.41, 5.74) is 5.24. The number of likely N-dealkylation sites (N-methyl/N-ethyl adjacent to an activating group) is 1. The normalized spacial score (nSPS) is 17.3. The molecule has 1 atom stereocenters. The third kappa shape index (κ3) is 2.79. The van der Waals surface area contributed by atoms with E-state index in [-0.39, 0.29) is 5.60 Å². The zero-order valence-electron chi connectivity index (χ0n) is 6.40. The summed E-state index contributed by atoms with van der Waals surface area (Å²) in [5, 5.41) is 3.01. The third-order valence-corrected chi connectivity index (χ3v) is 1.48. The van der Waals surface area contributed by atoms with Gasteiger partial charge in [-0.2, -0.15) is 0 Å². The van der Waals surface area contributed by atoms with Gasteiger partial charge in [-0.25, -0.2) is 0 Å². The van der Waals surface area contributed by atoms with Gasteiger partial charge in [0.1, 0.15) is 0 Å². The fourth-order valence-electron chi connectivity index (χ4n) is 0.602. The minimum atomic E-state index is -0.200. The van der Waals surface area contributed by atoms with Crippen molar-refractivity contribution in [2.24, 2.45) is 5.73 Å². The molecule has 0 aromatic heterocycles. The van der Waals surface area contributed by atoms with Crippen molar-refractivity contribution in [3.8, 4) is 0 Å². The molecule has 3 nitrogen and oxygen atoms in total. The van der Waals surface area contributed by atoms with E-state index in [0.29, 0.717) is 6.54 Å². The molecule has 56 valence electrons. The van der Waals surface area contributed by atoms with Gasteiger partial charge in [-0.05, 0) is 14.0 Å². The molecule has 0 saturated carbocycles. The Hall–Kier alpha value is -0.120. The predicted octanol–water partition coefficient (Wildman–Crippen LogP) is -0.430. The summed E-state index contributed by atoms with van der Waals surface area (Å²) in [4.78, 5) is 0. The highest BCUT2D eigenvalue weighted by atomic mass is 16.5. The average molecular weight is 132 g/mol. The number of nitrogens with two attached hydrogens (primary N) is 1. The van der Waals surface area contributed by atoms with Crippen LogP contribution in [0.2, 0.25) is 0 Å². The molecule has 0 aromatic carbocycles. The highest BCUT2D eigenvalue weighted by Gasteiger charge is 2.19. The maximum atomic E-state index is 5.44. The zero-order valence-corrected chi connectivity index (χ0v) is 6.40. The Morgan fingerprint density at radius 1 is 1.67 bits per heavy atom. The number of hydrogen-bond acceptors (Lipinski definition) is 3. The number of rotatable bonds is 4. The average Bonchev–Trinajstić information content (AvgIpc) is 1.89. The minimum Gasteiger partial charge on any atom is -0.376 e. The SMILES string of the molecule is CNCC(C)(CN)OC. The Bertz CT molecular complexity index is 71.5. The van der Waals surface area contributed by atoms with Crippen LogP contribution >= 0.6 is 0 Å². The summed E-state index contributed by atoms with van der Waals surface area (Å²) in [6, 6.07) is 0. The van der Waals surface area contributed by atoms with Gasteiger partial charge in [-0.1, -0.05) is 0 Å². The molecule has 0 rings (SSSR count). The van der Waals surface area contributed by atoms with Crippen molar-refractivity contribution in [3.63, 3.8) is 0 Å². The summed E-state index contributed by atoms with van der Waals surface area (Å²) in [6.07, 6.45) is 0. The van der Waals surface area contributed by atoms with Crippen LogP contribution in [0.5, 0.6) is 0 Å². The molecule has 0 saturated heterocycles. The van der Waals surface area contributed by atoms with E-state index in [9.17, 15) is 0 Å². The lowest BCUT2D eigenvalue weighted by Gasteiger charge is -2.25. The van der Waals surface area contributed by atoms with Crippen molar-refractivity contribution in [2.45, 2.75) is 12.5 Å². The molecule has 1 unspecified atom stereocenters. The van der Waals surface area contributed by atoms with E-state index < -0.39 is 0 Å². The van der Waals surface area contributed by atoms with Gasteiger partial charge >= 0.3 is 0 Å². The van der Waals surface area contributed by atoms with Crippen LogP contribution < -0.4 is 11.1 Å². The van der Waals surface area contributed by atoms with Gasteiger partial charge in [-0.15, -0.1) is 0 Å². The number of hydrogen-bond donors (Lipinski definition) is 2. The van der Waals surface area contributed by atoms with Gasteiger partial charge < -0.3 is 15.8 Å². The molecule has 0 radical (unpaired) electrons. The Morgan fingerprint density at radius 3 is 2.33 bits per heavy atom. The Morgan fingerprint density at radius 2 is 2.22 bits per heavy atom. The zero-order chi connectivity index (χ0) is 7.33. The van der Waals surface area contributed by atoms with E-state index in [1.165, 1.54) is 0 Å². The van der Waals surface area contributed by atoms with E-state index in [2.05, 4.69) is 5.32 Å². The van der Waals surface area contributed by atoms with Crippen LogP contribution in [0.15, 0.2) is 0 Å². The summed E-state index contributed by atoms with van der Waals surface area (Å²) in [6.45, 7) is 3.31. The highest BCUT2D eigenvalue weighted by Crippen LogP contribution is 2.03. The topological polar surface area (TPSA) is 47.3 Å². The lowest BCUT2D eigenvalue weighted by Crippen LogP contribution is -2.44. The molecule has 0 amide bonds. The van der Waals surface area contributed by atoms with Crippen LogP contribution in [0.3, 0.4) is 0 Å². The molecule has 0 fully saturated rings. The molecule has 0 bridgehead atoms. The first-order chi connectivity index (χ1) is 4.18. The van der Waals surface area contributed by atoms with Crippen molar-refractivity contribution in [3.05, 3.63) is 0 Å². The summed E-state index contributed by atoms with van der Waals surface area (Å²) < 4.78 is 5.14. The van der Waals surface area contributed by atoms with Crippen molar-refractivity contribution in [1.29, 1.82) is 0 Å². The molecule has 0 spiro atoms. The summed E-state index contributed by atoms with van der Waals surface area (Å²) in [7, 11) is 3.55. The first-order valence-electron chi connectivity index (χ1n) is 3.08. The van der Waals surface area contributed by atoms with Crippen LogP contribution in [0.1, 0.15) is 6.92 Å². The highest BCUT2D eigenvalue weighted by molar-refractivity contribution is 4.77. The lowest BCUT2D eigenvalue weighted by atomic mass is 10.1. The number of methoxy groups -OCH3 is 1. The molecular weight excluding hydrogens is 116 g/mol. The van der Waals surface area contributed by atoms with E-state index in [1.54, 1.807) is 7.11 Å². The Kier molecular flexibility index (Phi) is 3.77. The molecule has 3 N–H and O–H groups in total. The number of ether oxygens (including phenoxy) is 1. The van der Waals surface area contributed by atoms with E-state index >= 15 is 0 Å². The first kappa shape index (κ1) is 8.88. The van der Waals surface area contributed by atoms with E-state index in [0.717, 1.165) is 6.54 Å². The fourth-order valence-corrected chi connectivity index (χ4v) is 0.602. The van der Waals surface area contributed by atoms with Gasteiger partial charge in [0.25, 0.3) is 0 Å². The molecule has 0 aliphatic carbocycles. The second-order valence-corrected chi connectivity index (χ2v) is 2.39. The van der Waals surface area contributed by atoms with Gasteiger partial charge in [-0.3, -0.25) is 0 Å². The Labute approximate surface area is 56.6 Å². The second kappa shape index (κ2) is 3.82. The van der Waals surface area contributed by atoms with Crippen LogP contribution in [-0.4, -0.2) is 32.8 Å². The third-order valence-electron chi connectivity index (χ3n) is 1.48. The largest absolute Gasteiger partial charge is 0.376 e. The summed E-state index contributed by atoms with van der Waals surface area (Å²) in [5.74, 6) is 0. The van der Waals surface area contributed by atoms with Gasteiger partial charge in [0.15, 0.2) is 0 Å². The van der Waals surface area contributed by atoms with Gasteiger partial charge in [0.05, 0.1) is 5.60 Å². The van der Waals surface area contributed by atoms with Crippen LogP contribution in [0, 0.1) is 0 Å². The molecule has 0 heterocycles.